The molecule has 21 heavy (non-hydrogen) atoms. The van der Waals surface area contributed by atoms with Gasteiger partial charge in [0.05, 0.1) is 11.9 Å². The number of nitrogens with one attached hydrogen (secondary N) is 2. The van der Waals surface area contributed by atoms with Crippen LogP contribution in [0.2, 0.25) is 0 Å². The molecule has 2 atom stereocenters. The third-order valence-electron chi connectivity index (χ3n) is 4.44. The summed E-state index contributed by atoms with van der Waals surface area (Å²) in [4.78, 5) is 4.15. The van der Waals surface area contributed by atoms with E-state index in [-0.39, 0.29) is 0 Å². The maximum atomic E-state index is 9.36. The number of nitrogens with zero attached hydrogens (tertiary/aromatic N) is 2. The summed E-state index contributed by atoms with van der Waals surface area (Å²) in [5.74, 6) is 1.07. The fourth-order valence-corrected chi connectivity index (χ4v) is 3.22. The standard InChI is InChI=1S/C16H22N4O/c21-11-14-4-1-3-12(14)7-18-9-15-10-19-20-16(15)13-5-2-6-17-8-13/h2,5-6,8,10,12,14,18,21H,1,3-4,7,9,11H2,(H,19,20). The molecule has 0 aliphatic heterocycles. The second-order valence-corrected chi connectivity index (χ2v) is 5.78. The predicted molar refractivity (Wildman–Crippen MR) is 81.4 cm³/mol. The van der Waals surface area contributed by atoms with Crippen LogP contribution in [0, 0.1) is 11.8 Å². The molecule has 0 saturated heterocycles. The van der Waals surface area contributed by atoms with Gasteiger partial charge in [-0.05, 0) is 43.4 Å². The number of H-pyrrole nitrogens is 1. The van der Waals surface area contributed by atoms with E-state index >= 15 is 0 Å². The Balaban J connectivity index is 1.58. The van der Waals surface area contributed by atoms with Crippen molar-refractivity contribution in [1.82, 2.24) is 20.5 Å². The molecule has 3 rings (SSSR count). The summed E-state index contributed by atoms with van der Waals surface area (Å²) in [5.41, 5.74) is 3.24. The topological polar surface area (TPSA) is 73.8 Å². The van der Waals surface area contributed by atoms with Gasteiger partial charge < -0.3 is 10.4 Å². The number of rotatable bonds is 6. The zero-order valence-corrected chi connectivity index (χ0v) is 12.1. The van der Waals surface area contributed by atoms with Crippen LogP contribution in [0.15, 0.2) is 30.7 Å². The number of aromatic nitrogens is 3. The first-order valence-electron chi connectivity index (χ1n) is 7.62. The fourth-order valence-electron chi connectivity index (χ4n) is 3.22. The minimum Gasteiger partial charge on any atom is -0.396 e. The van der Waals surface area contributed by atoms with E-state index in [0.717, 1.165) is 36.3 Å². The largest absolute Gasteiger partial charge is 0.396 e. The molecular weight excluding hydrogens is 264 g/mol. The fraction of sp³-hybridized carbons (Fsp3) is 0.500. The van der Waals surface area contributed by atoms with Crippen molar-refractivity contribution in [2.75, 3.05) is 13.2 Å². The minimum absolute atomic E-state index is 0.318. The second-order valence-electron chi connectivity index (χ2n) is 5.78. The highest BCUT2D eigenvalue weighted by Gasteiger charge is 2.26. The first-order chi connectivity index (χ1) is 10.4. The Kier molecular flexibility index (Phi) is 4.62. The molecule has 2 aromatic heterocycles. The average molecular weight is 286 g/mol. The molecule has 5 heteroatoms. The maximum absolute atomic E-state index is 9.36. The number of pyridine rings is 1. The van der Waals surface area contributed by atoms with Gasteiger partial charge in [-0.2, -0.15) is 5.10 Å². The van der Waals surface area contributed by atoms with E-state index in [1.807, 2.05) is 24.5 Å². The lowest BCUT2D eigenvalue weighted by atomic mass is 9.97. The Morgan fingerprint density at radius 2 is 2.19 bits per heavy atom. The Hall–Kier alpha value is -1.72. The molecule has 1 fully saturated rings. The highest BCUT2D eigenvalue weighted by molar-refractivity contribution is 5.61. The smallest absolute Gasteiger partial charge is 0.0710 e. The SMILES string of the molecule is OCC1CCCC1CNCc1cn[nH]c1-c1cccnc1. The van der Waals surface area contributed by atoms with Gasteiger partial charge in [0, 0.05) is 36.7 Å². The molecule has 2 unspecified atom stereocenters. The summed E-state index contributed by atoms with van der Waals surface area (Å²) in [7, 11) is 0. The lowest BCUT2D eigenvalue weighted by molar-refractivity contribution is 0.192. The molecule has 5 nitrogen and oxygen atoms in total. The molecule has 0 amide bonds. The van der Waals surface area contributed by atoms with Crippen molar-refractivity contribution in [3.05, 3.63) is 36.3 Å². The zero-order valence-electron chi connectivity index (χ0n) is 12.1. The van der Waals surface area contributed by atoms with Gasteiger partial charge in [-0.15, -0.1) is 0 Å². The van der Waals surface area contributed by atoms with Crippen molar-refractivity contribution in [2.24, 2.45) is 11.8 Å². The van der Waals surface area contributed by atoms with Crippen LogP contribution in [-0.4, -0.2) is 33.4 Å². The third kappa shape index (κ3) is 3.31. The summed E-state index contributed by atoms with van der Waals surface area (Å²) < 4.78 is 0. The summed E-state index contributed by atoms with van der Waals surface area (Å²) in [6.45, 7) is 2.07. The van der Waals surface area contributed by atoms with Gasteiger partial charge in [0.25, 0.3) is 0 Å². The first kappa shape index (κ1) is 14.2. The van der Waals surface area contributed by atoms with Gasteiger partial charge in [0.1, 0.15) is 0 Å². The molecule has 2 aromatic rings. The van der Waals surface area contributed by atoms with Crippen LogP contribution in [0.4, 0.5) is 0 Å². The van der Waals surface area contributed by atoms with E-state index in [1.165, 1.54) is 12.8 Å². The van der Waals surface area contributed by atoms with Crippen molar-refractivity contribution in [1.29, 1.82) is 0 Å². The number of hydrogen-bond acceptors (Lipinski definition) is 4. The molecule has 3 N–H and O–H groups in total. The van der Waals surface area contributed by atoms with Gasteiger partial charge >= 0.3 is 0 Å². The Morgan fingerprint density at radius 3 is 3.00 bits per heavy atom. The van der Waals surface area contributed by atoms with E-state index in [1.54, 1.807) is 6.20 Å². The van der Waals surface area contributed by atoms with E-state index in [4.69, 9.17) is 0 Å². The molecule has 0 radical (unpaired) electrons. The minimum atomic E-state index is 0.318. The van der Waals surface area contributed by atoms with Crippen molar-refractivity contribution < 1.29 is 5.11 Å². The van der Waals surface area contributed by atoms with E-state index in [2.05, 4.69) is 20.5 Å². The van der Waals surface area contributed by atoms with E-state index in [9.17, 15) is 5.11 Å². The molecule has 1 saturated carbocycles. The van der Waals surface area contributed by atoms with Crippen molar-refractivity contribution in [3.63, 3.8) is 0 Å². The van der Waals surface area contributed by atoms with Crippen molar-refractivity contribution in [3.8, 4) is 11.3 Å². The van der Waals surface area contributed by atoms with Crippen LogP contribution in [0.1, 0.15) is 24.8 Å². The summed E-state index contributed by atoms with van der Waals surface area (Å²) in [6, 6.07) is 3.96. The molecule has 2 heterocycles. The van der Waals surface area contributed by atoms with Crippen LogP contribution < -0.4 is 5.32 Å². The monoisotopic (exact) mass is 286 g/mol. The first-order valence-corrected chi connectivity index (χ1v) is 7.62. The van der Waals surface area contributed by atoms with Crippen molar-refractivity contribution >= 4 is 0 Å². The Morgan fingerprint density at radius 1 is 1.29 bits per heavy atom. The van der Waals surface area contributed by atoms with Gasteiger partial charge in [-0.1, -0.05) is 6.42 Å². The number of aliphatic hydroxyl groups excluding tert-OH is 1. The Labute approximate surface area is 124 Å². The van der Waals surface area contributed by atoms with Crippen molar-refractivity contribution in [2.45, 2.75) is 25.8 Å². The van der Waals surface area contributed by atoms with Gasteiger partial charge in [-0.25, -0.2) is 0 Å². The van der Waals surface area contributed by atoms with Crippen LogP contribution in [-0.2, 0) is 6.54 Å². The number of aliphatic hydroxyl groups is 1. The lowest BCUT2D eigenvalue weighted by Crippen LogP contribution is -2.26. The van der Waals surface area contributed by atoms with E-state index in [0.29, 0.717) is 18.4 Å². The summed E-state index contributed by atoms with van der Waals surface area (Å²) in [5, 5.41) is 20.1. The van der Waals surface area contributed by atoms with Crippen LogP contribution >= 0.6 is 0 Å². The highest BCUT2D eigenvalue weighted by atomic mass is 16.3. The average Bonchev–Trinajstić information content (AvgIpc) is 3.17. The van der Waals surface area contributed by atoms with Gasteiger partial charge in [-0.3, -0.25) is 10.1 Å². The van der Waals surface area contributed by atoms with Gasteiger partial charge in [0.2, 0.25) is 0 Å². The molecule has 1 aliphatic carbocycles. The third-order valence-corrected chi connectivity index (χ3v) is 4.44. The summed E-state index contributed by atoms with van der Waals surface area (Å²) >= 11 is 0. The zero-order chi connectivity index (χ0) is 14.5. The molecule has 0 bridgehead atoms. The van der Waals surface area contributed by atoms with Crippen LogP contribution in [0.25, 0.3) is 11.3 Å². The van der Waals surface area contributed by atoms with Crippen LogP contribution in [0.3, 0.4) is 0 Å². The maximum Gasteiger partial charge on any atom is 0.0710 e. The van der Waals surface area contributed by atoms with E-state index < -0.39 is 0 Å². The normalized spacial score (nSPS) is 21.8. The number of hydrogen-bond donors (Lipinski definition) is 3. The summed E-state index contributed by atoms with van der Waals surface area (Å²) in [6.07, 6.45) is 9.11. The lowest BCUT2D eigenvalue weighted by Gasteiger charge is -2.17. The predicted octanol–water partition coefficient (Wildman–Crippen LogP) is 1.97. The second kappa shape index (κ2) is 6.83. The van der Waals surface area contributed by atoms with Crippen LogP contribution in [0.5, 0.6) is 0 Å². The van der Waals surface area contributed by atoms with Gasteiger partial charge in [0.15, 0.2) is 0 Å². The molecule has 1 aliphatic rings. The molecule has 0 spiro atoms. The Bertz CT molecular complexity index is 554. The molecule has 0 aromatic carbocycles. The number of aromatic amines is 1. The molecule has 112 valence electrons. The highest BCUT2D eigenvalue weighted by Crippen LogP contribution is 2.30. The quantitative estimate of drug-likeness (QED) is 0.759. The molecular formula is C16H22N4O.